The normalized spacial score (nSPS) is 18.1. The van der Waals surface area contributed by atoms with Crippen molar-refractivity contribution in [3.63, 3.8) is 0 Å². The lowest BCUT2D eigenvalue weighted by molar-refractivity contribution is -0.120. The fourth-order valence-corrected chi connectivity index (χ4v) is 2.08. The molecule has 1 aromatic carbocycles. The van der Waals surface area contributed by atoms with E-state index in [2.05, 4.69) is 0 Å². The summed E-state index contributed by atoms with van der Waals surface area (Å²) in [5.41, 5.74) is 0.419. The molecule has 0 bridgehead atoms. The van der Waals surface area contributed by atoms with Crippen LogP contribution < -0.4 is 0 Å². The van der Waals surface area contributed by atoms with Crippen molar-refractivity contribution in [3.8, 4) is 0 Å². The third-order valence-electron chi connectivity index (χ3n) is 2.94. The monoisotopic (exact) mass is 210 g/mol. The molecule has 0 radical (unpaired) electrons. The van der Waals surface area contributed by atoms with Crippen LogP contribution in [-0.2, 0) is 4.79 Å². The van der Waals surface area contributed by atoms with Crippen LogP contribution in [0.15, 0.2) is 18.2 Å². The van der Waals surface area contributed by atoms with E-state index in [0.29, 0.717) is 31.2 Å². The SMILES string of the molecule is O=C1CCC(c2cc(F)ccc2F)CC1. The molecule has 1 aliphatic carbocycles. The van der Waals surface area contributed by atoms with Crippen molar-refractivity contribution in [2.45, 2.75) is 31.6 Å². The second kappa shape index (κ2) is 4.09. The van der Waals surface area contributed by atoms with Crippen LogP contribution in [0.25, 0.3) is 0 Å². The summed E-state index contributed by atoms with van der Waals surface area (Å²) in [6.07, 6.45) is 2.25. The number of Topliss-reactive ketones (excluding diaryl/α,β-unsaturated/α-hetero) is 1. The summed E-state index contributed by atoms with van der Waals surface area (Å²) in [5.74, 6) is -0.555. The van der Waals surface area contributed by atoms with Crippen LogP contribution in [0.5, 0.6) is 0 Å². The summed E-state index contributed by atoms with van der Waals surface area (Å²) in [6.45, 7) is 0. The van der Waals surface area contributed by atoms with Crippen molar-refractivity contribution in [2.75, 3.05) is 0 Å². The third-order valence-corrected chi connectivity index (χ3v) is 2.94. The van der Waals surface area contributed by atoms with E-state index in [4.69, 9.17) is 0 Å². The van der Waals surface area contributed by atoms with Crippen LogP contribution in [0.1, 0.15) is 37.2 Å². The first-order valence-electron chi connectivity index (χ1n) is 5.13. The lowest BCUT2D eigenvalue weighted by atomic mass is 9.83. The fourth-order valence-electron chi connectivity index (χ4n) is 2.08. The second-order valence-electron chi connectivity index (χ2n) is 3.98. The average Bonchev–Trinajstić information content (AvgIpc) is 2.23. The highest BCUT2D eigenvalue weighted by Gasteiger charge is 2.22. The fraction of sp³-hybridized carbons (Fsp3) is 0.417. The lowest BCUT2D eigenvalue weighted by Crippen LogP contribution is -2.13. The van der Waals surface area contributed by atoms with E-state index in [-0.39, 0.29) is 17.5 Å². The number of carbonyl (C=O) groups excluding carboxylic acids is 1. The molecular weight excluding hydrogens is 198 g/mol. The summed E-state index contributed by atoms with van der Waals surface area (Å²) >= 11 is 0. The molecule has 0 unspecified atom stereocenters. The number of carbonyl (C=O) groups is 1. The van der Waals surface area contributed by atoms with E-state index < -0.39 is 5.82 Å². The van der Waals surface area contributed by atoms with E-state index in [1.807, 2.05) is 0 Å². The van der Waals surface area contributed by atoms with Crippen molar-refractivity contribution >= 4 is 5.78 Å². The minimum atomic E-state index is -0.414. The summed E-state index contributed by atoms with van der Waals surface area (Å²) < 4.78 is 26.3. The van der Waals surface area contributed by atoms with Gasteiger partial charge in [-0.3, -0.25) is 4.79 Å². The Bertz CT molecular complexity index is 377. The number of benzene rings is 1. The van der Waals surface area contributed by atoms with Gasteiger partial charge >= 0.3 is 0 Å². The van der Waals surface area contributed by atoms with Crippen LogP contribution >= 0.6 is 0 Å². The number of rotatable bonds is 1. The molecule has 0 atom stereocenters. The number of ketones is 1. The van der Waals surface area contributed by atoms with Crippen molar-refractivity contribution in [1.29, 1.82) is 0 Å². The highest BCUT2D eigenvalue weighted by molar-refractivity contribution is 5.79. The molecule has 1 aromatic rings. The maximum absolute atomic E-state index is 13.4. The van der Waals surface area contributed by atoms with E-state index in [9.17, 15) is 13.6 Å². The van der Waals surface area contributed by atoms with Crippen LogP contribution in [0, 0.1) is 11.6 Å². The smallest absolute Gasteiger partial charge is 0.132 e. The van der Waals surface area contributed by atoms with Crippen molar-refractivity contribution < 1.29 is 13.6 Å². The van der Waals surface area contributed by atoms with Gasteiger partial charge in [0.1, 0.15) is 17.4 Å². The van der Waals surface area contributed by atoms with Gasteiger partial charge in [-0.05, 0) is 42.5 Å². The van der Waals surface area contributed by atoms with Gasteiger partial charge in [0.05, 0.1) is 0 Å². The molecule has 1 nitrogen and oxygen atoms in total. The van der Waals surface area contributed by atoms with Gasteiger partial charge in [-0.25, -0.2) is 8.78 Å². The third kappa shape index (κ3) is 2.22. The van der Waals surface area contributed by atoms with Crippen LogP contribution in [0.4, 0.5) is 8.78 Å². The summed E-state index contributed by atoms with van der Waals surface area (Å²) in [5, 5.41) is 0. The number of halogens is 2. The Morgan fingerprint density at radius 3 is 2.47 bits per heavy atom. The van der Waals surface area contributed by atoms with E-state index in [1.165, 1.54) is 6.07 Å². The van der Waals surface area contributed by atoms with Crippen molar-refractivity contribution in [2.24, 2.45) is 0 Å². The van der Waals surface area contributed by atoms with E-state index in [0.717, 1.165) is 12.1 Å². The molecule has 2 rings (SSSR count). The summed E-state index contributed by atoms with van der Waals surface area (Å²) in [4.78, 5) is 11.0. The zero-order valence-corrected chi connectivity index (χ0v) is 8.30. The predicted molar refractivity (Wildman–Crippen MR) is 52.6 cm³/mol. The Labute approximate surface area is 87.1 Å². The molecule has 80 valence electrons. The Hall–Kier alpha value is -1.25. The van der Waals surface area contributed by atoms with Gasteiger partial charge in [0, 0.05) is 12.8 Å². The van der Waals surface area contributed by atoms with Gasteiger partial charge in [-0.1, -0.05) is 0 Å². The maximum atomic E-state index is 13.4. The van der Waals surface area contributed by atoms with Crippen molar-refractivity contribution in [1.82, 2.24) is 0 Å². The zero-order valence-electron chi connectivity index (χ0n) is 8.30. The Morgan fingerprint density at radius 2 is 1.80 bits per heavy atom. The Kier molecular flexibility index (Phi) is 2.80. The largest absolute Gasteiger partial charge is 0.300 e. The Morgan fingerprint density at radius 1 is 1.13 bits per heavy atom. The molecule has 0 spiro atoms. The van der Waals surface area contributed by atoms with Crippen LogP contribution in [0.3, 0.4) is 0 Å². The average molecular weight is 210 g/mol. The first-order chi connectivity index (χ1) is 7.16. The van der Waals surface area contributed by atoms with Gasteiger partial charge in [0.25, 0.3) is 0 Å². The highest BCUT2D eigenvalue weighted by atomic mass is 19.1. The molecule has 0 saturated heterocycles. The molecule has 1 saturated carbocycles. The quantitative estimate of drug-likeness (QED) is 0.695. The molecule has 3 heteroatoms. The molecule has 1 aliphatic rings. The van der Waals surface area contributed by atoms with Crippen LogP contribution in [-0.4, -0.2) is 5.78 Å². The first-order valence-corrected chi connectivity index (χ1v) is 5.13. The van der Waals surface area contributed by atoms with E-state index in [1.54, 1.807) is 0 Å². The minimum Gasteiger partial charge on any atom is -0.300 e. The molecule has 0 aromatic heterocycles. The lowest BCUT2D eigenvalue weighted by Gasteiger charge is -2.21. The zero-order chi connectivity index (χ0) is 10.8. The topological polar surface area (TPSA) is 17.1 Å². The van der Waals surface area contributed by atoms with Gasteiger partial charge in [0.2, 0.25) is 0 Å². The number of hydrogen-bond donors (Lipinski definition) is 0. The van der Waals surface area contributed by atoms with Gasteiger partial charge in [-0.15, -0.1) is 0 Å². The molecular formula is C12H12F2O. The van der Waals surface area contributed by atoms with Gasteiger partial charge in [0.15, 0.2) is 0 Å². The molecule has 0 heterocycles. The molecule has 0 N–H and O–H groups in total. The second-order valence-corrected chi connectivity index (χ2v) is 3.98. The molecule has 0 aliphatic heterocycles. The van der Waals surface area contributed by atoms with Crippen LogP contribution in [0.2, 0.25) is 0 Å². The molecule has 1 fully saturated rings. The van der Waals surface area contributed by atoms with Crippen molar-refractivity contribution in [3.05, 3.63) is 35.4 Å². The number of hydrogen-bond acceptors (Lipinski definition) is 1. The van der Waals surface area contributed by atoms with Gasteiger partial charge < -0.3 is 0 Å². The van der Waals surface area contributed by atoms with E-state index >= 15 is 0 Å². The predicted octanol–water partition coefficient (Wildman–Crippen LogP) is 3.19. The first kappa shape index (κ1) is 10.3. The standard InChI is InChI=1S/C12H12F2O/c13-9-3-6-12(14)11(7-9)8-1-4-10(15)5-2-8/h3,6-8H,1-2,4-5H2. The molecule has 0 amide bonds. The maximum Gasteiger partial charge on any atom is 0.132 e. The molecule has 15 heavy (non-hydrogen) atoms. The highest BCUT2D eigenvalue weighted by Crippen LogP contribution is 2.32. The summed E-state index contributed by atoms with van der Waals surface area (Å²) in [6, 6.07) is 3.52. The Balaban J connectivity index is 2.21. The minimum absolute atomic E-state index is 0.00148. The summed E-state index contributed by atoms with van der Waals surface area (Å²) in [7, 11) is 0. The van der Waals surface area contributed by atoms with Gasteiger partial charge in [-0.2, -0.15) is 0 Å².